The maximum absolute atomic E-state index is 9.19. The summed E-state index contributed by atoms with van der Waals surface area (Å²) in [6.07, 6.45) is 1.03. The molecule has 1 rings (SSSR count). The molecular formula is C9H20N2O. The first-order valence-electron chi connectivity index (χ1n) is 4.66. The SMILES string of the molecule is C[C@@H](O)CN(C)C1CCN(C)C1. The first-order chi connectivity index (χ1) is 5.59. The zero-order valence-electron chi connectivity index (χ0n) is 8.32. The van der Waals surface area contributed by atoms with Crippen molar-refractivity contribution in [1.29, 1.82) is 0 Å². The molecule has 0 spiro atoms. The van der Waals surface area contributed by atoms with E-state index in [1.807, 2.05) is 6.92 Å². The number of hydrogen-bond donors (Lipinski definition) is 1. The summed E-state index contributed by atoms with van der Waals surface area (Å²) < 4.78 is 0. The van der Waals surface area contributed by atoms with E-state index in [0.29, 0.717) is 6.04 Å². The molecule has 0 aliphatic carbocycles. The lowest BCUT2D eigenvalue weighted by Crippen LogP contribution is -2.38. The van der Waals surface area contributed by atoms with Crippen LogP contribution < -0.4 is 0 Å². The van der Waals surface area contributed by atoms with Crippen molar-refractivity contribution in [2.75, 3.05) is 33.7 Å². The van der Waals surface area contributed by atoms with Gasteiger partial charge in [-0.1, -0.05) is 0 Å². The molecule has 0 aromatic heterocycles. The number of hydrogen-bond acceptors (Lipinski definition) is 3. The first kappa shape index (κ1) is 9.96. The maximum atomic E-state index is 9.19. The fraction of sp³-hybridized carbons (Fsp3) is 1.00. The van der Waals surface area contributed by atoms with Gasteiger partial charge in [-0.2, -0.15) is 0 Å². The van der Waals surface area contributed by atoms with Gasteiger partial charge in [-0.05, 0) is 34.0 Å². The smallest absolute Gasteiger partial charge is 0.0639 e. The average molecular weight is 172 g/mol. The molecule has 0 saturated carbocycles. The maximum Gasteiger partial charge on any atom is 0.0639 e. The van der Waals surface area contributed by atoms with Gasteiger partial charge in [0, 0.05) is 19.1 Å². The van der Waals surface area contributed by atoms with Crippen LogP contribution in [0, 0.1) is 0 Å². The van der Waals surface area contributed by atoms with Crippen LogP contribution in [0.2, 0.25) is 0 Å². The highest BCUT2D eigenvalue weighted by Gasteiger charge is 2.23. The molecule has 1 N–H and O–H groups in total. The zero-order chi connectivity index (χ0) is 9.14. The van der Waals surface area contributed by atoms with Gasteiger partial charge in [0.1, 0.15) is 0 Å². The second kappa shape index (κ2) is 4.21. The Hall–Kier alpha value is -0.120. The molecule has 1 saturated heterocycles. The second-order valence-corrected chi connectivity index (χ2v) is 3.99. The molecule has 1 unspecified atom stereocenters. The molecule has 0 radical (unpaired) electrons. The number of likely N-dealkylation sites (tertiary alicyclic amines) is 1. The van der Waals surface area contributed by atoms with Gasteiger partial charge >= 0.3 is 0 Å². The van der Waals surface area contributed by atoms with Gasteiger partial charge in [0.15, 0.2) is 0 Å². The molecule has 1 fully saturated rings. The van der Waals surface area contributed by atoms with E-state index in [-0.39, 0.29) is 6.10 Å². The van der Waals surface area contributed by atoms with Gasteiger partial charge in [-0.15, -0.1) is 0 Å². The van der Waals surface area contributed by atoms with Crippen molar-refractivity contribution in [3.8, 4) is 0 Å². The normalized spacial score (nSPS) is 28.2. The van der Waals surface area contributed by atoms with Crippen molar-refractivity contribution in [1.82, 2.24) is 9.80 Å². The van der Waals surface area contributed by atoms with Crippen LogP contribution >= 0.6 is 0 Å². The summed E-state index contributed by atoms with van der Waals surface area (Å²) in [6.45, 7) is 4.96. The standard InChI is InChI=1S/C9H20N2O/c1-8(12)6-11(3)9-4-5-10(2)7-9/h8-9,12H,4-7H2,1-3H3/t8-,9?/m1/s1. The first-order valence-corrected chi connectivity index (χ1v) is 4.66. The van der Waals surface area contributed by atoms with E-state index < -0.39 is 0 Å². The average Bonchev–Trinajstić information content (AvgIpc) is 2.34. The van der Waals surface area contributed by atoms with E-state index in [0.717, 1.165) is 13.1 Å². The molecular weight excluding hydrogens is 152 g/mol. The molecule has 0 amide bonds. The van der Waals surface area contributed by atoms with Crippen LogP contribution in [-0.2, 0) is 0 Å². The van der Waals surface area contributed by atoms with E-state index >= 15 is 0 Å². The third-order valence-electron chi connectivity index (χ3n) is 2.54. The van der Waals surface area contributed by atoms with Crippen LogP contribution in [0.25, 0.3) is 0 Å². The van der Waals surface area contributed by atoms with Crippen LogP contribution in [0.5, 0.6) is 0 Å². The molecule has 3 heteroatoms. The molecule has 72 valence electrons. The Balaban J connectivity index is 2.28. The summed E-state index contributed by atoms with van der Waals surface area (Å²) in [6, 6.07) is 0.643. The number of rotatable bonds is 3. The second-order valence-electron chi connectivity index (χ2n) is 3.99. The van der Waals surface area contributed by atoms with Gasteiger partial charge in [-0.25, -0.2) is 0 Å². The van der Waals surface area contributed by atoms with Gasteiger partial charge in [-0.3, -0.25) is 4.90 Å². The highest BCUT2D eigenvalue weighted by molar-refractivity contribution is 4.80. The molecule has 1 aliphatic rings. The molecule has 1 aliphatic heterocycles. The molecule has 0 bridgehead atoms. The fourth-order valence-corrected chi connectivity index (χ4v) is 1.84. The van der Waals surface area contributed by atoms with Crippen molar-refractivity contribution in [2.24, 2.45) is 0 Å². The zero-order valence-corrected chi connectivity index (χ0v) is 8.32. The van der Waals surface area contributed by atoms with Gasteiger partial charge in [0.2, 0.25) is 0 Å². The van der Waals surface area contributed by atoms with Crippen LogP contribution in [-0.4, -0.2) is 60.8 Å². The molecule has 0 aromatic rings. The van der Waals surface area contributed by atoms with E-state index in [1.54, 1.807) is 0 Å². The Bertz CT molecular complexity index is 138. The van der Waals surface area contributed by atoms with Gasteiger partial charge in [0.05, 0.1) is 6.10 Å². The lowest BCUT2D eigenvalue weighted by atomic mass is 10.2. The summed E-state index contributed by atoms with van der Waals surface area (Å²) in [4.78, 5) is 4.59. The summed E-state index contributed by atoms with van der Waals surface area (Å²) in [5.74, 6) is 0. The quantitative estimate of drug-likeness (QED) is 0.649. The Kier molecular flexibility index (Phi) is 3.50. The van der Waals surface area contributed by atoms with E-state index in [4.69, 9.17) is 0 Å². The Morgan fingerprint density at radius 2 is 2.33 bits per heavy atom. The third-order valence-corrected chi connectivity index (χ3v) is 2.54. The molecule has 1 heterocycles. The van der Waals surface area contributed by atoms with Crippen LogP contribution in [0.15, 0.2) is 0 Å². The van der Waals surface area contributed by atoms with E-state index in [9.17, 15) is 5.11 Å². The topological polar surface area (TPSA) is 26.7 Å². The minimum atomic E-state index is -0.207. The Morgan fingerprint density at radius 1 is 1.67 bits per heavy atom. The predicted molar refractivity (Wildman–Crippen MR) is 50.2 cm³/mol. The van der Waals surface area contributed by atoms with Crippen molar-refractivity contribution in [3.63, 3.8) is 0 Å². The summed E-state index contributed by atoms with van der Waals surface area (Å²) in [7, 11) is 4.24. The van der Waals surface area contributed by atoms with Crippen LogP contribution in [0.1, 0.15) is 13.3 Å². The minimum Gasteiger partial charge on any atom is -0.392 e. The number of nitrogens with zero attached hydrogens (tertiary/aromatic N) is 2. The Labute approximate surface area is 75.0 Å². The number of aliphatic hydroxyl groups is 1. The largest absolute Gasteiger partial charge is 0.392 e. The van der Waals surface area contributed by atoms with Crippen molar-refractivity contribution >= 4 is 0 Å². The fourth-order valence-electron chi connectivity index (χ4n) is 1.84. The lowest BCUT2D eigenvalue weighted by Gasteiger charge is -2.25. The van der Waals surface area contributed by atoms with Crippen LogP contribution in [0.3, 0.4) is 0 Å². The van der Waals surface area contributed by atoms with Crippen molar-refractivity contribution < 1.29 is 5.11 Å². The van der Waals surface area contributed by atoms with Crippen LogP contribution in [0.4, 0.5) is 0 Å². The van der Waals surface area contributed by atoms with Gasteiger partial charge < -0.3 is 10.0 Å². The van der Waals surface area contributed by atoms with Crippen molar-refractivity contribution in [2.45, 2.75) is 25.5 Å². The monoisotopic (exact) mass is 172 g/mol. The molecule has 2 atom stereocenters. The van der Waals surface area contributed by atoms with E-state index in [2.05, 4.69) is 23.9 Å². The molecule has 3 nitrogen and oxygen atoms in total. The number of aliphatic hydroxyl groups excluding tert-OH is 1. The summed E-state index contributed by atoms with van der Waals surface area (Å²) >= 11 is 0. The highest BCUT2D eigenvalue weighted by atomic mass is 16.3. The molecule has 12 heavy (non-hydrogen) atoms. The highest BCUT2D eigenvalue weighted by Crippen LogP contribution is 2.12. The Morgan fingerprint density at radius 3 is 2.75 bits per heavy atom. The number of likely N-dealkylation sites (N-methyl/N-ethyl adjacent to an activating group) is 2. The molecule has 0 aromatic carbocycles. The van der Waals surface area contributed by atoms with Gasteiger partial charge in [0.25, 0.3) is 0 Å². The summed E-state index contributed by atoms with van der Waals surface area (Å²) in [5.41, 5.74) is 0. The third kappa shape index (κ3) is 2.73. The summed E-state index contributed by atoms with van der Waals surface area (Å²) in [5, 5.41) is 9.19. The lowest BCUT2D eigenvalue weighted by molar-refractivity contribution is 0.119. The van der Waals surface area contributed by atoms with E-state index in [1.165, 1.54) is 13.0 Å². The van der Waals surface area contributed by atoms with Crippen molar-refractivity contribution in [3.05, 3.63) is 0 Å². The predicted octanol–water partition coefficient (Wildman–Crippen LogP) is 0.00310. The minimum absolute atomic E-state index is 0.207.